The highest BCUT2D eigenvalue weighted by molar-refractivity contribution is 7.26. The summed E-state index contributed by atoms with van der Waals surface area (Å²) in [6, 6.07) is 9.89. The molecule has 0 aliphatic rings. The minimum Gasteiger partial charge on any atom is -0.378 e. The Kier molecular flexibility index (Phi) is 4.87. The Labute approximate surface area is 105 Å². The molecule has 0 aromatic heterocycles. The van der Waals surface area contributed by atoms with Crippen LogP contribution in [0.4, 0.5) is 5.69 Å². The van der Waals surface area contributed by atoms with E-state index < -0.39 is 7.38 Å². The molecule has 0 bridgehead atoms. The van der Waals surface area contributed by atoms with Gasteiger partial charge in [-0.2, -0.15) is 11.1 Å². The van der Waals surface area contributed by atoms with Crippen molar-refractivity contribution in [3.63, 3.8) is 0 Å². The monoisotopic (exact) mass is 255 g/mol. The van der Waals surface area contributed by atoms with Crippen molar-refractivity contribution < 1.29 is 0 Å². The van der Waals surface area contributed by atoms with Gasteiger partial charge < -0.3 is 4.90 Å². The lowest BCUT2D eigenvalue weighted by Crippen LogP contribution is -2.38. The van der Waals surface area contributed by atoms with Gasteiger partial charge in [-0.05, 0) is 23.4 Å². The van der Waals surface area contributed by atoms with Gasteiger partial charge >= 0.3 is 0 Å². The van der Waals surface area contributed by atoms with Crippen molar-refractivity contribution >= 4 is 29.3 Å². The standard InChI is InChI=1S/C13H22ClNSi/c1-5-6-11-16(4,14)13-9-7-12(8-10-13)15(2)3/h7-10H,5-6,11H2,1-4H3. The maximum Gasteiger partial charge on any atom is 0.183 e. The van der Waals surface area contributed by atoms with E-state index in [0.717, 1.165) is 0 Å². The van der Waals surface area contributed by atoms with E-state index in [1.54, 1.807) is 0 Å². The summed E-state index contributed by atoms with van der Waals surface area (Å²) in [4.78, 5) is 2.11. The molecule has 1 aromatic rings. The van der Waals surface area contributed by atoms with E-state index >= 15 is 0 Å². The van der Waals surface area contributed by atoms with E-state index in [2.05, 4.69) is 56.7 Å². The molecule has 0 aliphatic carbocycles. The zero-order valence-electron chi connectivity index (χ0n) is 10.8. The van der Waals surface area contributed by atoms with E-state index in [9.17, 15) is 0 Å². The first kappa shape index (κ1) is 13.6. The average Bonchev–Trinajstić information content (AvgIpc) is 2.26. The number of rotatable bonds is 5. The lowest BCUT2D eigenvalue weighted by atomic mass is 10.3. The van der Waals surface area contributed by atoms with Gasteiger partial charge in [0.05, 0.1) is 0 Å². The molecule has 16 heavy (non-hydrogen) atoms. The second-order valence-electron chi connectivity index (χ2n) is 4.74. The van der Waals surface area contributed by atoms with Gasteiger partial charge in [-0.25, -0.2) is 0 Å². The Bertz CT molecular complexity index is 319. The van der Waals surface area contributed by atoms with Crippen molar-refractivity contribution in [1.82, 2.24) is 0 Å². The van der Waals surface area contributed by atoms with E-state index in [1.165, 1.54) is 29.8 Å². The number of unbranched alkanes of at least 4 members (excludes halogenated alkanes) is 1. The fraction of sp³-hybridized carbons (Fsp3) is 0.538. The highest BCUT2D eigenvalue weighted by Gasteiger charge is 2.25. The predicted octanol–water partition coefficient (Wildman–Crippen LogP) is 3.57. The molecule has 0 spiro atoms. The molecule has 0 saturated heterocycles. The van der Waals surface area contributed by atoms with Crippen LogP contribution in [0.25, 0.3) is 0 Å². The fourth-order valence-electron chi connectivity index (χ4n) is 1.76. The molecular formula is C13H22ClNSi. The van der Waals surface area contributed by atoms with Gasteiger partial charge in [-0.1, -0.05) is 38.4 Å². The summed E-state index contributed by atoms with van der Waals surface area (Å²) >= 11 is 6.70. The smallest absolute Gasteiger partial charge is 0.183 e. The Hall–Kier alpha value is -0.473. The lowest BCUT2D eigenvalue weighted by Gasteiger charge is -2.21. The molecule has 0 heterocycles. The van der Waals surface area contributed by atoms with Crippen molar-refractivity contribution in [2.75, 3.05) is 19.0 Å². The molecule has 0 fully saturated rings. The van der Waals surface area contributed by atoms with Gasteiger partial charge in [-0.15, -0.1) is 0 Å². The minimum absolute atomic E-state index is 1.17. The summed E-state index contributed by atoms with van der Waals surface area (Å²) in [6.07, 6.45) is 2.47. The quantitative estimate of drug-likeness (QED) is 0.574. The normalized spacial score (nSPS) is 14.6. The van der Waals surface area contributed by atoms with Gasteiger partial charge in [0.2, 0.25) is 0 Å². The number of nitrogens with zero attached hydrogens (tertiary/aromatic N) is 1. The predicted molar refractivity (Wildman–Crippen MR) is 77.6 cm³/mol. The average molecular weight is 256 g/mol. The van der Waals surface area contributed by atoms with E-state index in [0.29, 0.717) is 0 Å². The van der Waals surface area contributed by atoms with E-state index in [-0.39, 0.29) is 0 Å². The van der Waals surface area contributed by atoms with Crippen LogP contribution in [0.2, 0.25) is 12.6 Å². The summed E-state index contributed by atoms with van der Waals surface area (Å²) in [7, 11) is 2.41. The number of halogens is 1. The van der Waals surface area contributed by atoms with Crippen LogP contribution in [0.3, 0.4) is 0 Å². The summed E-state index contributed by atoms with van der Waals surface area (Å²) in [6.45, 7) is 4.46. The fourth-order valence-corrected chi connectivity index (χ4v) is 4.71. The Balaban J connectivity index is 2.79. The van der Waals surface area contributed by atoms with E-state index in [4.69, 9.17) is 11.1 Å². The molecule has 0 saturated carbocycles. The maximum absolute atomic E-state index is 6.70. The maximum atomic E-state index is 6.70. The molecule has 0 aliphatic heterocycles. The summed E-state index contributed by atoms with van der Waals surface area (Å²) in [5, 5.41) is 1.35. The molecule has 3 heteroatoms. The second kappa shape index (κ2) is 5.74. The first-order valence-electron chi connectivity index (χ1n) is 5.94. The number of hydrogen-bond donors (Lipinski definition) is 0. The molecule has 1 atom stereocenters. The van der Waals surface area contributed by atoms with Crippen LogP contribution < -0.4 is 10.1 Å². The van der Waals surface area contributed by atoms with Crippen molar-refractivity contribution in [2.45, 2.75) is 32.4 Å². The van der Waals surface area contributed by atoms with Crippen molar-refractivity contribution in [3.05, 3.63) is 24.3 Å². The molecule has 0 N–H and O–H groups in total. The van der Waals surface area contributed by atoms with Gasteiger partial charge in [0.15, 0.2) is 7.38 Å². The third-order valence-electron chi connectivity index (χ3n) is 2.99. The minimum atomic E-state index is -1.70. The van der Waals surface area contributed by atoms with Crippen LogP contribution in [0.15, 0.2) is 24.3 Å². The molecule has 90 valence electrons. The molecule has 1 unspecified atom stereocenters. The molecule has 1 rings (SSSR count). The number of hydrogen-bond acceptors (Lipinski definition) is 1. The highest BCUT2D eigenvalue weighted by Crippen LogP contribution is 2.20. The van der Waals surface area contributed by atoms with Crippen LogP contribution in [-0.2, 0) is 0 Å². The third-order valence-corrected chi connectivity index (χ3v) is 7.04. The Morgan fingerprint density at radius 1 is 1.19 bits per heavy atom. The van der Waals surface area contributed by atoms with Gasteiger partial charge in [0.25, 0.3) is 0 Å². The molecule has 0 amide bonds. The van der Waals surface area contributed by atoms with Gasteiger partial charge in [-0.3, -0.25) is 0 Å². The van der Waals surface area contributed by atoms with Crippen molar-refractivity contribution in [1.29, 1.82) is 0 Å². The topological polar surface area (TPSA) is 3.24 Å². The van der Waals surface area contributed by atoms with Crippen LogP contribution in [0, 0.1) is 0 Å². The number of benzene rings is 1. The largest absolute Gasteiger partial charge is 0.378 e. The SMILES string of the molecule is CCCC[Si](C)(Cl)c1ccc(N(C)C)cc1. The third kappa shape index (κ3) is 3.53. The summed E-state index contributed by atoms with van der Waals surface area (Å²) < 4.78 is 0. The highest BCUT2D eigenvalue weighted by atomic mass is 35.6. The van der Waals surface area contributed by atoms with Crippen LogP contribution in [-0.4, -0.2) is 21.5 Å². The van der Waals surface area contributed by atoms with E-state index in [1.807, 2.05) is 0 Å². The lowest BCUT2D eigenvalue weighted by molar-refractivity contribution is 0.874. The Morgan fingerprint density at radius 3 is 2.19 bits per heavy atom. The molecular weight excluding hydrogens is 234 g/mol. The first-order chi connectivity index (χ1) is 7.47. The van der Waals surface area contributed by atoms with Gasteiger partial charge in [0.1, 0.15) is 0 Å². The molecule has 1 nitrogen and oxygen atoms in total. The number of anilines is 1. The summed E-state index contributed by atoms with van der Waals surface area (Å²) in [5.41, 5.74) is 1.24. The molecule has 1 aromatic carbocycles. The molecule has 0 radical (unpaired) electrons. The summed E-state index contributed by atoms with van der Waals surface area (Å²) in [5.74, 6) is 0. The van der Waals surface area contributed by atoms with Crippen LogP contribution in [0.5, 0.6) is 0 Å². The Morgan fingerprint density at radius 2 is 1.75 bits per heavy atom. The van der Waals surface area contributed by atoms with Crippen LogP contribution in [0.1, 0.15) is 19.8 Å². The van der Waals surface area contributed by atoms with Crippen molar-refractivity contribution in [2.24, 2.45) is 0 Å². The second-order valence-corrected chi connectivity index (χ2v) is 10.7. The zero-order valence-corrected chi connectivity index (χ0v) is 12.5. The zero-order chi connectivity index (χ0) is 12.2. The van der Waals surface area contributed by atoms with Crippen molar-refractivity contribution in [3.8, 4) is 0 Å². The van der Waals surface area contributed by atoms with Crippen LogP contribution >= 0.6 is 11.1 Å². The first-order valence-corrected chi connectivity index (χ1v) is 9.66. The van der Waals surface area contributed by atoms with Gasteiger partial charge in [0, 0.05) is 19.8 Å².